The maximum absolute atomic E-state index is 12.9. The summed E-state index contributed by atoms with van der Waals surface area (Å²) in [6.07, 6.45) is 72.0. The van der Waals surface area contributed by atoms with Gasteiger partial charge in [-0.1, -0.05) is 295 Å². The van der Waals surface area contributed by atoms with E-state index in [1.54, 1.807) is 0 Å². The topological polar surface area (TPSA) is 78.9 Å². The van der Waals surface area contributed by atoms with Crippen LogP contribution < -0.4 is 0 Å². The second-order valence-corrected chi connectivity index (χ2v) is 21.7. The average molecular weight is 1000 g/mol. The van der Waals surface area contributed by atoms with E-state index in [1.165, 1.54) is 244 Å². The Bertz CT molecular complexity index is 1150. The van der Waals surface area contributed by atoms with E-state index in [9.17, 15) is 14.4 Å². The number of hydrogen-bond acceptors (Lipinski definition) is 6. The lowest BCUT2D eigenvalue weighted by molar-refractivity contribution is -0.167. The van der Waals surface area contributed by atoms with Crippen LogP contribution in [0.25, 0.3) is 0 Å². The van der Waals surface area contributed by atoms with Crippen LogP contribution >= 0.6 is 0 Å². The summed E-state index contributed by atoms with van der Waals surface area (Å²) in [5.74, 6) is -0.865. The second-order valence-electron chi connectivity index (χ2n) is 21.7. The van der Waals surface area contributed by atoms with Crippen LogP contribution in [0.4, 0.5) is 0 Å². The Labute approximate surface area is 443 Å². The Kier molecular flexibility index (Phi) is 58.6. The van der Waals surface area contributed by atoms with Crippen molar-refractivity contribution in [2.45, 2.75) is 361 Å². The van der Waals surface area contributed by atoms with Crippen molar-refractivity contribution in [2.75, 3.05) is 13.2 Å². The number of carbonyl (C=O) groups excluding carboxylic acids is 3. The van der Waals surface area contributed by atoms with Gasteiger partial charge in [0.25, 0.3) is 0 Å². The van der Waals surface area contributed by atoms with E-state index in [-0.39, 0.29) is 31.1 Å². The first-order chi connectivity index (χ1) is 35.0. The molecule has 418 valence electrons. The summed E-state index contributed by atoms with van der Waals surface area (Å²) in [4.78, 5) is 38.2. The van der Waals surface area contributed by atoms with Gasteiger partial charge in [-0.15, -0.1) is 0 Å². The Balaban J connectivity index is 4.14. The summed E-state index contributed by atoms with van der Waals surface area (Å²) in [5, 5.41) is 0. The van der Waals surface area contributed by atoms with Gasteiger partial charge in [0, 0.05) is 19.3 Å². The molecule has 0 aliphatic rings. The number of allylic oxidation sites excluding steroid dienone is 4. The zero-order valence-electron chi connectivity index (χ0n) is 48.0. The van der Waals surface area contributed by atoms with E-state index in [0.717, 1.165) is 70.6 Å². The third-order valence-electron chi connectivity index (χ3n) is 14.4. The Morgan fingerprint density at radius 3 is 0.761 bits per heavy atom. The van der Waals surface area contributed by atoms with Crippen LogP contribution in [-0.2, 0) is 28.6 Å². The summed E-state index contributed by atoms with van der Waals surface area (Å²) >= 11 is 0. The quantitative estimate of drug-likeness (QED) is 0.0261. The molecule has 0 aromatic carbocycles. The first kappa shape index (κ1) is 68.9. The molecule has 0 saturated carbocycles. The molecular formula is C65H122O6. The largest absolute Gasteiger partial charge is 0.462 e. The molecule has 0 spiro atoms. The van der Waals surface area contributed by atoms with Gasteiger partial charge in [-0.3, -0.25) is 14.4 Å². The molecule has 0 rings (SSSR count). The van der Waals surface area contributed by atoms with Crippen LogP contribution in [0.2, 0.25) is 0 Å². The predicted octanol–water partition coefficient (Wildman–Crippen LogP) is 21.4. The number of esters is 3. The summed E-state index contributed by atoms with van der Waals surface area (Å²) < 4.78 is 16.9. The third kappa shape index (κ3) is 58.7. The molecule has 0 aromatic rings. The normalized spacial score (nSPS) is 12.1. The smallest absolute Gasteiger partial charge is 0.306 e. The Morgan fingerprint density at radius 2 is 0.493 bits per heavy atom. The monoisotopic (exact) mass is 999 g/mol. The highest BCUT2D eigenvalue weighted by molar-refractivity contribution is 5.71. The minimum absolute atomic E-state index is 0.0712. The van der Waals surface area contributed by atoms with Gasteiger partial charge in [0.2, 0.25) is 0 Å². The maximum atomic E-state index is 12.9. The fourth-order valence-corrected chi connectivity index (χ4v) is 9.62. The fourth-order valence-electron chi connectivity index (χ4n) is 9.62. The molecule has 0 bridgehead atoms. The zero-order valence-corrected chi connectivity index (χ0v) is 48.0. The van der Waals surface area contributed by atoms with Gasteiger partial charge in [-0.05, 0) is 64.2 Å². The van der Waals surface area contributed by atoms with E-state index in [1.807, 2.05) is 0 Å². The minimum atomic E-state index is -0.773. The molecule has 6 nitrogen and oxygen atoms in total. The van der Waals surface area contributed by atoms with Gasteiger partial charge < -0.3 is 14.2 Å². The predicted molar refractivity (Wildman–Crippen MR) is 307 cm³/mol. The standard InChI is InChI=1S/C65H122O6/c1-4-7-10-13-16-19-22-24-26-28-29-30-31-32-33-34-35-36-38-39-41-43-46-49-52-55-58-64(67)70-61-62(60-69-63(66)57-54-51-48-45-21-18-15-12-9-6-3)71-65(68)59-56-53-50-47-44-42-40-37-27-25-23-20-17-14-11-8-5-2/h12,15,25,27,62H,4-11,13-14,16-24,26,28-61H2,1-3H3/b15-12-,27-25-. The maximum Gasteiger partial charge on any atom is 0.306 e. The minimum Gasteiger partial charge on any atom is -0.462 e. The van der Waals surface area contributed by atoms with Crippen LogP contribution in [0.15, 0.2) is 24.3 Å². The SMILES string of the molecule is CCC/C=C\CCCCCCCC(=O)OCC(COC(=O)CCCCCCCCCCCCCCCCCCCCCCCCCCCC)OC(=O)CCCCCCCCC/C=C\CCCCCCCC. The molecule has 0 aliphatic heterocycles. The summed E-state index contributed by atoms with van der Waals surface area (Å²) in [7, 11) is 0. The van der Waals surface area contributed by atoms with Gasteiger partial charge >= 0.3 is 17.9 Å². The first-order valence-electron chi connectivity index (χ1n) is 31.8. The second kappa shape index (κ2) is 60.4. The molecule has 6 heteroatoms. The Morgan fingerprint density at radius 1 is 0.268 bits per heavy atom. The molecule has 0 fully saturated rings. The zero-order chi connectivity index (χ0) is 51.4. The number of hydrogen-bond donors (Lipinski definition) is 0. The molecule has 0 aromatic heterocycles. The Hall–Kier alpha value is -2.11. The van der Waals surface area contributed by atoms with Crippen molar-refractivity contribution in [2.24, 2.45) is 0 Å². The van der Waals surface area contributed by atoms with Gasteiger partial charge in [-0.25, -0.2) is 0 Å². The first-order valence-corrected chi connectivity index (χ1v) is 31.8. The molecule has 0 amide bonds. The van der Waals surface area contributed by atoms with E-state index in [0.29, 0.717) is 19.3 Å². The van der Waals surface area contributed by atoms with Crippen LogP contribution in [0.5, 0.6) is 0 Å². The molecule has 71 heavy (non-hydrogen) atoms. The molecule has 0 heterocycles. The third-order valence-corrected chi connectivity index (χ3v) is 14.4. The molecule has 0 N–H and O–H groups in total. The highest BCUT2D eigenvalue weighted by Gasteiger charge is 2.19. The van der Waals surface area contributed by atoms with Crippen molar-refractivity contribution in [1.29, 1.82) is 0 Å². The molecule has 0 radical (unpaired) electrons. The van der Waals surface area contributed by atoms with Crippen molar-refractivity contribution >= 4 is 17.9 Å². The van der Waals surface area contributed by atoms with Crippen molar-refractivity contribution in [1.82, 2.24) is 0 Å². The summed E-state index contributed by atoms with van der Waals surface area (Å²) in [6, 6.07) is 0. The van der Waals surface area contributed by atoms with Crippen LogP contribution in [0.1, 0.15) is 355 Å². The van der Waals surface area contributed by atoms with Crippen molar-refractivity contribution in [3.05, 3.63) is 24.3 Å². The van der Waals surface area contributed by atoms with Gasteiger partial charge in [-0.2, -0.15) is 0 Å². The van der Waals surface area contributed by atoms with Crippen molar-refractivity contribution in [3.63, 3.8) is 0 Å². The van der Waals surface area contributed by atoms with Gasteiger partial charge in [0.05, 0.1) is 0 Å². The van der Waals surface area contributed by atoms with E-state index in [4.69, 9.17) is 14.2 Å². The van der Waals surface area contributed by atoms with Crippen molar-refractivity contribution in [3.8, 4) is 0 Å². The highest BCUT2D eigenvalue weighted by Crippen LogP contribution is 2.18. The van der Waals surface area contributed by atoms with Gasteiger partial charge in [0.15, 0.2) is 6.10 Å². The lowest BCUT2D eigenvalue weighted by Gasteiger charge is -2.18. The van der Waals surface area contributed by atoms with Crippen LogP contribution in [-0.4, -0.2) is 37.2 Å². The van der Waals surface area contributed by atoms with E-state index < -0.39 is 6.10 Å². The summed E-state index contributed by atoms with van der Waals surface area (Å²) in [5.41, 5.74) is 0. The number of rotatable bonds is 59. The molecule has 1 atom stereocenters. The van der Waals surface area contributed by atoms with Crippen LogP contribution in [0, 0.1) is 0 Å². The van der Waals surface area contributed by atoms with E-state index >= 15 is 0 Å². The number of ether oxygens (including phenoxy) is 3. The van der Waals surface area contributed by atoms with Crippen molar-refractivity contribution < 1.29 is 28.6 Å². The molecule has 0 aliphatic carbocycles. The number of carbonyl (C=O) groups is 3. The average Bonchev–Trinajstić information content (AvgIpc) is 3.37. The van der Waals surface area contributed by atoms with Gasteiger partial charge in [0.1, 0.15) is 13.2 Å². The van der Waals surface area contributed by atoms with E-state index in [2.05, 4.69) is 45.1 Å². The van der Waals surface area contributed by atoms with Crippen LogP contribution in [0.3, 0.4) is 0 Å². The molecule has 1 unspecified atom stereocenters. The number of unbranched alkanes of at least 4 members (excludes halogenated alkanes) is 44. The molecule has 0 saturated heterocycles. The summed E-state index contributed by atoms with van der Waals surface area (Å²) in [6.45, 7) is 6.62. The lowest BCUT2D eigenvalue weighted by atomic mass is 10.0. The molecular weight excluding hydrogens is 877 g/mol. The fraction of sp³-hybridized carbons (Fsp3) is 0.892. The highest BCUT2D eigenvalue weighted by atomic mass is 16.6. The lowest BCUT2D eigenvalue weighted by Crippen LogP contribution is -2.30.